The molecule has 33 heavy (non-hydrogen) atoms. The normalized spacial score (nSPS) is 11.4. The van der Waals surface area contributed by atoms with Gasteiger partial charge in [-0.15, -0.1) is 34.4 Å². The Hall–Kier alpha value is -2.66. The Kier molecular flexibility index (Phi) is 6.89. The van der Waals surface area contributed by atoms with Crippen LogP contribution in [0.3, 0.4) is 0 Å². The highest BCUT2D eigenvalue weighted by molar-refractivity contribution is 8.00. The van der Waals surface area contributed by atoms with Gasteiger partial charge >= 0.3 is 5.97 Å². The van der Waals surface area contributed by atoms with E-state index in [-0.39, 0.29) is 10.9 Å². The van der Waals surface area contributed by atoms with Crippen molar-refractivity contribution in [1.29, 1.82) is 0 Å². The fourth-order valence-electron chi connectivity index (χ4n) is 3.05. The monoisotopic (exact) mass is 516 g/mol. The molecule has 2 heterocycles. The molecule has 10 heteroatoms. The van der Waals surface area contributed by atoms with E-state index in [1.807, 2.05) is 36.8 Å². The number of ether oxygens (including phenoxy) is 1. The number of aromatic nitrogens is 1. The number of thiazole rings is 1. The maximum absolute atomic E-state index is 12.6. The molecule has 0 fully saturated rings. The minimum Gasteiger partial charge on any atom is -0.465 e. The van der Waals surface area contributed by atoms with Gasteiger partial charge in [-0.05, 0) is 43.5 Å². The maximum Gasteiger partial charge on any atom is 0.348 e. The second-order valence-corrected chi connectivity index (χ2v) is 11.7. The number of esters is 1. The number of anilines is 1. The number of nitrogens with one attached hydrogen (secondary N) is 1. The third-order valence-electron chi connectivity index (χ3n) is 4.77. The average Bonchev–Trinajstić information content (AvgIpc) is 3.46. The van der Waals surface area contributed by atoms with Crippen molar-refractivity contribution in [1.82, 2.24) is 4.98 Å². The Morgan fingerprint density at radius 1 is 1.09 bits per heavy atom. The predicted molar refractivity (Wildman–Crippen MR) is 136 cm³/mol. The molecule has 0 bridgehead atoms. The van der Waals surface area contributed by atoms with Crippen LogP contribution in [-0.2, 0) is 14.8 Å². The molecule has 0 unspecified atom stereocenters. The summed E-state index contributed by atoms with van der Waals surface area (Å²) in [4.78, 5) is 17.4. The molecule has 0 saturated heterocycles. The van der Waals surface area contributed by atoms with Gasteiger partial charge in [-0.2, -0.15) is 0 Å². The Bertz CT molecular complexity index is 1390. The smallest absolute Gasteiger partial charge is 0.348 e. The minimum atomic E-state index is -3.66. The van der Waals surface area contributed by atoms with E-state index >= 15 is 0 Å². The summed E-state index contributed by atoms with van der Waals surface area (Å²) in [5.41, 5.74) is 4.02. The van der Waals surface area contributed by atoms with Crippen molar-refractivity contribution in [2.45, 2.75) is 16.0 Å². The van der Waals surface area contributed by atoms with Crippen molar-refractivity contribution < 1.29 is 17.9 Å². The highest BCUT2D eigenvalue weighted by Gasteiger charge is 2.19. The number of hydrogen-bond acceptors (Lipinski definition) is 8. The minimum absolute atomic E-state index is 0.216. The van der Waals surface area contributed by atoms with E-state index in [1.54, 1.807) is 48.2 Å². The van der Waals surface area contributed by atoms with E-state index < -0.39 is 10.0 Å². The molecule has 0 aliphatic carbocycles. The molecule has 0 spiro atoms. The van der Waals surface area contributed by atoms with Gasteiger partial charge in [0.15, 0.2) is 0 Å². The molecule has 170 valence electrons. The number of thioether (sulfide) groups is 1. The number of hydrogen-bond donors (Lipinski definition) is 1. The number of thiophene rings is 1. The van der Waals surface area contributed by atoms with Gasteiger partial charge < -0.3 is 4.74 Å². The van der Waals surface area contributed by atoms with Crippen LogP contribution in [0.25, 0.3) is 21.8 Å². The van der Waals surface area contributed by atoms with Crippen molar-refractivity contribution in [3.63, 3.8) is 0 Å². The Morgan fingerprint density at radius 3 is 2.42 bits per heavy atom. The molecular weight excluding hydrogens is 497 g/mol. The highest BCUT2D eigenvalue weighted by Crippen LogP contribution is 2.40. The predicted octanol–water partition coefficient (Wildman–Crippen LogP) is 6.16. The number of carbonyl (C=O) groups excluding carboxylic acids is 1. The lowest BCUT2D eigenvalue weighted by molar-refractivity contribution is 0.0606. The third-order valence-corrected chi connectivity index (χ3v) is 9.29. The summed E-state index contributed by atoms with van der Waals surface area (Å²) >= 11 is 4.44. The van der Waals surface area contributed by atoms with Gasteiger partial charge in [-0.25, -0.2) is 18.2 Å². The summed E-state index contributed by atoms with van der Waals surface area (Å²) in [6, 6.07) is 15.6. The molecule has 2 aromatic heterocycles. The van der Waals surface area contributed by atoms with Crippen molar-refractivity contribution in [3.8, 4) is 21.8 Å². The first-order chi connectivity index (χ1) is 15.8. The van der Waals surface area contributed by atoms with Crippen LogP contribution >= 0.6 is 34.4 Å². The highest BCUT2D eigenvalue weighted by atomic mass is 32.2. The maximum atomic E-state index is 12.6. The van der Waals surface area contributed by atoms with Gasteiger partial charge in [0, 0.05) is 22.2 Å². The second kappa shape index (κ2) is 9.68. The first-order valence-electron chi connectivity index (χ1n) is 9.72. The van der Waals surface area contributed by atoms with Crippen LogP contribution in [0.15, 0.2) is 69.1 Å². The summed E-state index contributed by atoms with van der Waals surface area (Å²) in [6.07, 6.45) is 1.96. The van der Waals surface area contributed by atoms with Gasteiger partial charge in [0.1, 0.15) is 9.88 Å². The number of benzene rings is 2. The number of nitrogens with zero attached hydrogens (tertiary/aromatic N) is 1. The molecule has 0 aliphatic heterocycles. The largest absolute Gasteiger partial charge is 0.465 e. The lowest BCUT2D eigenvalue weighted by Gasteiger charge is -2.09. The van der Waals surface area contributed by atoms with E-state index in [9.17, 15) is 13.2 Å². The number of rotatable bonds is 7. The molecule has 2 aromatic carbocycles. The Balaban J connectivity index is 1.55. The molecule has 4 rings (SSSR count). The van der Waals surface area contributed by atoms with Gasteiger partial charge in [0.05, 0.1) is 21.9 Å². The number of aryl methyl sites for hydroxylation is 1. The van der Waals surface area contributed by atoms with Gasteiger partial charge in [0.2, 0.25) is 0 Å². The van der Waals surface area contributed by atoms with Crippen molar-refractivity contribution in [2.24, 2.45) is 0 Å². The van der Waals surface area contributed by atoms with Gasteiger partial charge in [-0.1, -0.05) is 29.8 Å². The van der Waals surface area contributed by atoms with Gasteiger partial charge in [-0.3, -0.25) is 4.72 Å². The number of carbonyl (C=O) groups is 1. The topological polar surface area (TPSA) is 85.4 Å². The zero-order chi connectivity index (χ0) is 23.6. The van der Waals surface area contributed by atoms with E-state index in [2.05, 4.69) is 4.72 Å². The molecule has 0 saturated carbocycles. The molecule has 0 atom stereocenters. The zero-order valence-corrected chi connectivity index (χ0v) is 21.3. The lowest BCUT2D eigenvalue weighted by atomic mass is 10.1. The summed E-state index contributed by atoms with van der Waals surface area (Å²) < 4.78 is 33.6. The summed E-state index contributed by atoms with van der Waals surface area (Å²) in [5.74, 6) is -0.359. The molecule has 0 amide bonds. The fourth-order valence-corrected chi connectivity index (χ4v) is 6.87. The zero-order valence-electron chi connectivity index (χ0n) is 18.0. The van der Waals surface area contributed by atoms with Gasteiger partial charge in [0.25, 0.3) is 10.0 Å². The molecule has 6 nitrogen and oxygen atoms in total. The molecule has 0 radical (unpaired) electrons. The summed E-state index contributed by atoms with van der Waals surface area (Å²) in [7, 11) is -2.29. The van der Waals surface area contributed by atoms with E-state index in [1.165, 1.54) is 29.8 Å². The average molecular weight is 517 g/mol. The van der Waals surface area contributed by atoms with E-state index in [0.717, 1.165) is 31.6 Å². The standard InChI is InChI=1S/C23H20N2O4S4/c1-14-4-10-17(11-5-14)33(27,28)25-16-8-6-15(7-9-16)19-13-31-21(24-19)18-12-20(22(26)29-2)32-23(18)30-3/h4-13,25H,1-3H3. The van der Waals surface area contributed by atoms with Crippen molar-refractivity contribution >= 4 is 56.1 Å². The van der Waals surface area contributed by atoms with Crippen molar-refractivity contribution in [3.05, 3.63) is 70.4 Å². The molecule has 4 aromatic rings. The van der Waals surface area contributed by atoms with Crippen LogP contribution in [0.2, 0.25) is 0 Å². The SMILES string of the molecule is COC(=O)c1cc(-c2nc(-c3ccc(NS(=O)(=O)c4ccc(C)cc4)cc3)cs2)c(SC)s1. The quantitative estimate of drug-likeness (QED) is 0.234. The third kappa shape index (κ3) is 5.14. The molecular formula is C23H20N2O4S4. The van der Waals surface area contributed by atoms with E-state index in [4.69, 9.17) is 9.72 Å². The Morgan fingerprint density at radius 2 is 1.79 bits per heavy atom. The molecule has 1 N–H and O–H groups in total. The summed E-state index contributed by atoms with van der Waals surface area (Å²) in [6.45, 7) is 1.91. The van der Waals surface area contributed by atoms with Crippen LogP contribution in [0.4, 0.5) is 5.69 Å². The second-order valence-electron chi connectivity index (χ2n) is 7.04. The van der Waals surface area contributed by atoms with Crippen molar-refractivity contribution in [2.75, 3.05) is 18.1 Å². The molecule has 0 aliphatic rings. The number of sulfonamides is 1. The first kappa shape index (κ1) is 23.5. The fraction of sp³-hybridized carbons (Fsp3) is 0.130. The first-order valence-corrected chi connectivity index (χ1v) is 14.1. The van der Waals surface area contributed by atoms with Crippen LogP contribution in [-0.4, -0.2) is 32.7 Å². The van der Waals surface area contributed by atoms with E-state index in [0.29, 0.717) is 10.6 Å². The van der Waals surface area contributed by atoms with Crippen LogP contribution < -0.4 is 4.72 Å². The van der Waals surface area contributed by atoms with Crippen LogP contribution in [0.5, 0.6) is 0 Å². The lowest BCUT2D eigenvalue weighted by Crippen LogP contribution is -2.12. The summed E-state index contributed by atoms with van der Waals surface area (Å²) in [5, 5.41) is 2.75. The number of methoxy groups -OCH3 is 1. The Labute approximate surface area is 204 Å². The van der Waals surface area contributed by atoms with Crippen LogP contribution in [0.1, 0.15) is 15.2 Å². The van der Waals surface area contributed by atoms with Crippen LogP contribution in [0, 0.1) is 6.92 Å².